The molecule has 0 aliphatic carbocycles. The van der Waals surface area contributed by atoms with Crippen LogP contribution in [0, 0.1) is 0 Å². The summed E-state index contributed by atoms with van der Waals surface area (Å²) in [6.07, 6.45) is 3.05. The zero-order valence-corrected chi connectivity index (χ0v) is 13.1. The van der Waals surface area contributed by atoms with Crippen LogP contribution >= 0.6 is 0 Å². The number of hydrogen-bond acceptors (Lipinski definition) is 6. The number of carbonyl (C=O) groups excluding carboxylic acids is 1. The first-order valence-electron chi connectivity index (χ1n) is 6.70. The van der Waals surface area contributed by atoms with Crippen molar-refractivity contribution in [1.82, 2.24) is 0 Å². The molecule has 0 saturated carbocycles. The van der Waals surface area contributed by atoms with Crippen molar-refractivity contribution < 1.29 is 22.7 Å². The lowest BCUT2D eigenvalue weighted by Gasteiger charge is -2.08. The summed E-state index contributed by atoms with van der Waals surface area (Å²) in [6.45, 7) is 3.12. The van der Waals surface area contributed by atoms with Crippen molar-refractivity contribution in [1.29, 1.82) is 0 Å². The van der Waals surface area contributed by atoms with E-state index < -0.39 is 15.8 Å². The highest BCUT2D eigenvalue weighted by Crippen LogP contribution is 2.17. The van der Waals surface area contributed by atoms with Gasteiger partial charge in [0.25, 0.3) is 0 Å². The van der Waals surface area contributed by atoms with Crippen LogP contribution in [-0.4, -0.2) is 40.5 Å². The third-order valence-corrected chi connectivity index (χ3v) is 3.79. The first kappa shape index (κ1) is 17.5. The first-order chi connectivity index (χ1) is 9.84. The molecule has 7 heteroatoms. The van der Waals surface area contributed by atoms with Gasteiger partial charge in [-0.25, -0.2) is 13.2 Å². The van der Waals surface area contributed by atoms with Crippen molar-refractivity contribution in [2.45, 2.75) is 24.7 Å². The summed E-state index contributed by atoms with van der Waals surface area (Å²) in [5.74, 6) is -0.619. The standard InChI is InChI=1S/C14H21NO5S/c1-3-4-5-19-6-7-20-14(16)11-8-12(15)10-13(9-11)21(2,17)18/h8-10H,3-7,15H2,1-2H3. The second kappa shape index (κ2) is 7.99. The average Bonchev–Trinajstić information content (AvgIpc) is 2.40. The predicted octanol–water partition coefficient (Wildman–Crippen LogP) is 1.65. The minimum absolute atomic E-state index is 0.00588. The maximum atomic E-state index is 11.8. The van der Waals surface area contributed by atoms with Gasteiger partial charge < -0.3 is 15.2 Å². The van der Waals surface area contributed by atoms with E-state index in [9.17, 15) is 13.2 Å². The van der Waals surface area contributed by atoms with Gasteiger partial charge in [-0.3, -0.25) is 0 Å². The molecular formula is C14H21NO5S. The lowest BCUT2D eigenvalue weighted by molar-refractivity contribution is 0.0313. The van der Waals surface area contributed by atoms with E-state index in [0.29, 0.717) is 13.2 Å². The second-order valence-electron chi connectivity index (χ2n) is 4.66. The number of benzene rings is 1. The van der Waals surface area contributed by atoms with E-state index >= 15 is 0 Å². The lowest BCUT2D eigenvalue weighted by Crippen LogP contribution is -2.12. The molecule has 0 aliphatic heterocycles. The van der Waals surface area contributed by atoms with Gasteiger partial charge in [0.2, 0.25) is 0 Å². The Kier molecular flexibility index (Phi) is 6.64. The summed E-state index contributed by atoms with van der Waals surface area (Å²) in [5, 5.41) is 0. The normalized spacial score (nSPS) is 11.3. The van der Waals surface area contributed by atoms with Gasteiger partial charge in [0, 0.05) is 18.6 Å². The fourth-order valence-electron chi connectivity index (χ4n) is 1.58. The number of carbonyl (C=O) groups is 1. The van der Waals surface area contributed by atoms with Gasteiger partial charge in [-0.2, -0.15) is 0 Å². The van der Waals surface area contributed by atoms with E-state index in [2.05, 4.69) is 6.92 Å². The molecule has 6 nitrogen and oxygen atoms in total. The van der Waals surface area contributed by atoms with E-state index in [-0.39, 0.29) is 22.8 Å². The van der Waals surface area contributed by atoms with Crippen molar-refractivity contribution in [2.24, 2.45) is 0 Å². The minimum atomic E-state index is -3.43. The molecule has 1 rings (SSSR count). The van der Waals surface area contributed by atoms with E-state index in [1.54, 1.807) is 0 Å². The number of esters is 1. The highest BCUT2D eigenvalue weighted by atomic mass is 32.2. The van der Waals surface area contributed by atoms with Crippen LogP contribution in [0.2, 0.25) is 0 Å². The smallest absolute Gasteiger partial charge is 0.338 e. The van der Waals surface area contributed by atoms with Gasteiger partial charge in [0.1, 0.15) is 6.61 Å². The Labute approximate surface area is 125 Å². The summed E-state index contributed by atoms with van der Waals surface area (Å²) in [5.41, 5.74) is 5.92. The molecule has 0 aliphatic rings. The quantitative estimate of drug-likeness (QED) is 0.445. The molecule has 0 fully saturated rings. The van der Waals surface area contributed by atoms with Crippen molar-refractivity contribution in [2.75, 3.05) is 31.8 Å². The first-order valence-corrected chi connectivity index (χ1v) is 8.59. The summed E-state index contributed by atoms with van der Waals surface area (Å²) in [7, 11) is -3.43. The number of nitrogen functional groups attached to an aromatic ring is 1. The van der Waals surface area contributed by atoms with Gasteiger partial charge in [0.05, 0.1) is 17.1 Å². The predicted molar refractivity (Wildman–Crippen MR) is 80.0 cm³/mol. The maximum Gasteiger partial charge on any atom is 0.338 e. The van der Waals surface area contributed by atoms with Gasteiger partial charge in [0.15, 0.2) is 9.84 Å². The van der Waals surface area contributed by atoms with Crippen molar-refractivity contribution in [3.8, 4) is 0 Å². The fourth-order valence-corrected chi connectivity index (χ4v) is 2.27. The summed E-state index contributed by atoms with van der Waals surface area (Å²) in [4.78, 5) is 11.8. The van der Waals surface area contributed by atoms with Crippen LogP contribution in [0.3, 0.4) is 0 Å². The van der Waals surface area contributed by atoms with Crippen LogP contribution < -0.4 is 5.73 Å². The topological polar surface area (TPSA) is 95.7 Å². The molecule has 0 heterocycles. The Morgan fingerprint density at radius 1 is 1.19 bits per heavy atom. The maximum absolute atomic E-state index is 11.8. The van der Waals surface area contributed by atoms with Gasteiger partial charge in [-0.1, -0.05) is 13.3 Å². The third-order valence-electron chi connectivity index (χ3n) is 2.70. The Morgan fingerprint density at radius 3 is 2.52 bits per heavy atom. The lowest BCUT2D eigenvalue weighted by atomic mass is 10.2. The van der Waals surface area contributed by atoms with Crippen LogP contribution in [0.5, 0.6) is 0 Å². The van der Waals surface area contributed by atoms with E-state index in [4.69, 9.17) is 15.2 Å². The molecule has 0 radical (unpaired) electrons. The zero-order chi connectivity index (χ0) is 15.9. The highest BCUT2D eigenvalue weighted by molar-refractivity contribution is 7.90. The Bertz CT molecular complexity index is 583. The number of nitrogens with two attached hydrogens (primary N) is 1. The van der Waals surface area contributed by atoms with Gasteiger partial charge in [-0.05, 0) is 24.6 Å². The molecule has 1 aromatic rings. The minimum Gasteiger partial charge on any atom is -0.460 e. The molecule has 0 amide bonds. The van der Waals surface area contributed by atoms with Crippen LogP contribution in [-0.2, 0) is 19.3 Å². The Hall–Kier alpha value is -1.60. The van der Waals surface area contributed by atoms with Crippen LogP contribution in [0.4, 0.5) is 5.69 Å². The van der Waals surface area contributed by atoms with E-state index in [1.165, 1.54) is 18.2 Å². The molecule has 1 aromatic carbocycles. The molecule has 0 bridgehead atoms. The molecule has 21 heavy (non-hydrogen) atoms. The molecular weight excluding hydrogens is 294 g/mol. The summed E-state index contributed by atoms with van der Waals surface area (Å²) in [6, 6.07) is 3.95. The number of unbranched alkanes of at least 4 members (excludes halogenated alkanes) is 1. The molecule has 0 unspecified atom stereocenters. The van der Waals surface area contributed by atoms with Crippen LogP contribution in [0.25, 0.3) is 0 Å². The van der Waals surface area contributed by atoms with Crippen molar-refractivity contribution in [3.63, 3.8) is 0 Å². The third kappa shape index (κ3) is 6.14. The molecule has 0 spiro atoms. The van der Waals surface area contributed by atoms with Crippen molar-refractivity contribution >= 4 is 21.5 Å². The van der Waals surface area contributed by atoms with E-state index in [1.807, 2.05) is 0 Å². The zero-order valence-electron chi connectivity index (χ0n) is 12.3. The number of hydrogen-bond donors (Lipinski definition) is 1. The fraction of sp³-hybridized carbons (Fsp3) is 0.500. The molecule has 0 atom stereocenters. The average molecular weight is 315 g/mol. The number of rotatable bonds is 8. The second-order valence-corrected chi connectivity index (χ2v) is 6.68. The molecule has 2 N–H and O–H groups in total. The number of sulfone groups is 1. The van der Waals surface area contributed by atoms with Gasteiger partial charge in [-0.15, -0.1) is 0 Å². The van der Waals surface area contributed by atoms with Crippen molar-refractivity contribution in [3.05, 3.63) is 23.8 Å². The summed E-state index contributed by atoms with van der Waals surface area (Å²) >= 11 is 0. The molecule has 118 valence electrons. The Morgan fingerprint density at radius 2 is 1.90 bits per heavy atom. The van der Waals surface area contributed by atoms with E-state index in [0.717, 1.165) is 19.1 Å². The van der Waals surface area contributed by atoms with Crippen LogP contribution in [0.15, 0.2) is 23.1 Å². The SMILES string of the molecule is CCCCOCCOC(=O)c1cc(N)cc(S(C)(=O)=O)c1. The number of ether oxygens (including phenoxy) is 2. The largest absolute Gasteiger partial charge is 0.460 e. The summed E-state index contributed by atoms with van der Waals surface area (Å²) < 4.78 is 33.3. The van der Waals surface area contributed by atoms with Gasteiger partial charge >= 0.3 is 5.97 Å². The number of anilines is 1. The molecule has 0 saturated heterocycles. The Balaban J connectivity index is 2.60. The molecule has 0 aromatic heterocycles. The van der Waals surface area contributed by atoms with Crippen LogP contribution in [0.1, 0.15) is 30.1 Å². The monoisotopic (exact) mass is 315 g/mol. The highest BCUT2D eigenvalue weighted by Gasteiger charge is 2.14.